The summed E-state index contributed by atoms with van der Waals surface area (Å²) in [6.07, 6.45) is 1.35. The summed E-state index contributed by atoms with van der Waals surface area (Å²) in [5.41, 5.74) is 2.69. The van der Waals surface area contributed by atoms with Gasteiger partial charge >= 0.3 is 0 Å². The fraction of sp³-hybridized carbons (Fsp3) is 0.150. The first-order valence-corrected chi connectivity index (χ1v) is 9.02. The number of amides is 1. The molecule has 0 saturated carbocycles. The van der Waals surface area contributed by atoms with Crippen LogP contribution in [0.4, 0.5) is 16.0 Å². The van der Waals surface area contributed by atoms with Gasteiger partial charge in [0.05, 0.1) is 5.57 Å². The van der Waals surface area contributed by atoms with Crippen molar-refractivity contribution < 1.29 is 9.18 Å². The molecule has 0 aliphatic carbocycles. The average molecular weight is 398 g/mol. The number of benzene rings is 2. The quantitative estimate of drug-likeness (QED) is 0.691. The van der Waals surface area contributed by atoms with E-state index >= 15 is 0 Å². The van der Waals surface area contributed by atoms with Gasteiger partial charge in [-0.3, -0.25) is 4.79 Å². The van der Waals surface area contributed by atoms with Crippen molar-refractivity contribution in [3.63, 3.8) is 0 Å². The molecule has 1 atom stereocenters. The molecule has 1 aliphatic heterocycles. The van der Waals surface area contributed by atoms with Gasteiger partial charge in [-0.25, -0.2) is 9.07 Å². The molecule has 142 valence electrons. The molecule has 3 aromatic rings. The zero-order valence-electron chi connectivity index (χ0n) is 15.2. The Morgan fingerprint density at radius 3 is 2.79 bits per heavy atom. The molecule has 1 aliphatic rings. The molecule has 28 heavy (non-hydrogen) atoms. The van der Waals surface area contributed by atoms with Crippen LogP contribution in [-0.4, -0.2) is 20.7 Å². The molecule has 4 rings (SSSR count). The van der Waals surface area contributed by atoms with Crippen LogP contribution in [0.2, 0.25) is 5.02 Å². The third-order valence-electron chi connectivity index (χ3n) is 4.59. The van der Waals surface area contributed by atoms with E-state index in [1.165, 1.54) is 23.1 Å². The van der Waals surface area contributed by atoms with Crippen molar-refractivity contribution in [2.24, 2.45) is 0 Å². The predicted octanol–water partition coefficient (Wildman–Crippen LogP) is 4.31. The van der Waals surface area contributed by atoms with E-state index in [9.17, 15) is 9.18 Å². The Hall–Kier alpha value is -3.19. The molecule has 0 bridgehead atoms. The summed E-state index contributed by atoms with van der Waals surface area (Å²) in [4.78, 5) is 17.3. The monoisotopic (exact) mass is 397 g/mol. The molecule has 2 aromatic carbocycles. The number of hydrogen-bond donors (Lipinski definition) is 2. The number of aryl methyl sites for hydroxylation is 1. The molecule has 8 heteroatoms. The molecule has 0 radical (unpaired) electrons. The van der Waals surface area contributed by atoms with Gasteiger partial charge in [0.2, 0.25) is 5.95 Å². The Morgan fingerprint density at radius 2 is 2.04 bits per heavy atom. The lowest BCUT2D eigenvalue weighted by Crippen LogP contribution is -2.32. The number of aromatic nitrogens is 3. The summed E-state index contributed by atoms with van der Waals surface area (Å²) >= 11 is 6.32. The highest BCUT2D eigenvalue weighted by molar-refractivity contribution is 6.31. The second kappa shape index (κ2) is 7.09. The van der Waals surface area contributed by atoms with E-state index in [0.29, 0.717) is 22.9 Å². The van der Waals surface area contributed by atoms with Crippen LogP contribution in [0.25, 0.3) is 0 Å². The number of rotatable bonds is 3. The number of anilines is 2. The number of carbonyl (C=O) groups excluding carboxylic acids is 1. The Labute approximate surface area is 166 Å². The molecule has 1 unspecified atom stereocenters. The molecule has 6 nitrogen and oxygen atoms in total. The summed E-state index contributed by atoms with van der Waals surface area (Å²) in [6, 6.07) is 11.0. The van der Waals surface area contributed by atoms with E-state index < -0.39 is 11.9 Å². The van der Waals surface area contributed by atoms with E-state index in [4.69, 9.17) is 11.6 Å². The lowest BCUT2D eigenvalue weighted by Gasteiger charge is -2.29. The van der Waals surface area contributed by atoms with Gasteiger partial charge in [0, 0.05) is 22.0 Å². The molecule has 1 amide bonds. The standard InChI is InChI=1S/C20H17ClFN5O/c1-11-5-3-6-13(9-11)26-19(28)16-12(2)25-20-23-10-24-27(20)18(16)17-14(21)7-4-8-15(17)22/h3-10,18H,1-2H3,(H,26,28)(H,23,24,25). The summed E-state index contributed by atoms with van der Waals surface area (Å²) in [7, 11) is 0. The number of nitrogens with one attached hydrogen (secondary N) is 2. The molecular weight excluding hydrogens is 381 g/mol. The van der Waals surface area contributed by atoms with Crippen molar-refractivity contribution in [1.82, 2.24) is 14.8 Å². The average Bonchev–Trinajstić information content (AvgIpc) is 3.09. The SMILES string of the molecule is CC1=C(C(=O)Nc2cccc(C)c2)C(c2c(F)cccc2Cl)n2ncnc2N1. The number of nitrogens with zero attached hydrogens (tertiary/aromatic N) is 3. The van der Waals surface area contributed by atoms with Crippen molar-refractivity contribution in [3.05, 3.63) is 82.0 Å². The van der Waals surface area contributed by atoms with Crippen LogP contribution in [0.5, 0.6) is 0 Å². The highest BCUT2D eigenvalue weighted by Gasteiger charge is 2.36. The number of fused-ring (bicyclic) bond motifs is 1. The van der Waals surface area contributed by atoms with E-state index in [0.717, 1.165) is 5.56 Å². The van der Waals surface area contributed by atoms with Crippen LogP contribution in [0.15, 0.2) is 60.1 Å². The number of carbonyl (C=O) groups is 1. The van der Waals surface area contributed by atoms with Gasteiger partial charge in [0.1, 0.15) is 18.2 Å². The largest absolute Gasteiger partial charge is 0.328 e. The minimum absolute atomic E-state index is 0.172. The smallest absolute Gasteiger partial charge is 0.255 e. The van der Waals surface area contributed by atoms with Crippen molar-refractivity contribution in [3.8, 4) is 0 Å². The first kappa shape index (κ1) is 18.2. The maximum atomic E-state index is 14.8. The molecule has 0 saturated heterocycles. The van der Waals surface area contributed by atoms with E-state index in [1.807, 2.05) is 25.1 Å². The van der Waals surface area contributed by atoms with Crippen LogP contribution in [0.1, 0.15) is 24.1 Å². The van der Waals surface area contributed by atoms with E-state index in [2.05, 4.69) is 20.7 Å². The van der Waals surface area contributed by atoms with Crippen molar-refractivity contribution in [2.45, 2.75) is 19.9 Å². The minimum atomic E-state index is -0.850. The predicted molar refractivity (Wildman–Crippen MR) is 106 cm³/mol. The number of hydrogen-bond acceptors (Lipinski definition) is 4. The molecule has 1 aromatic heterocycles. The van der Waals surface area contributed by atoms with Crippen molar-refractivity contribution in [1.29, 1.82) is 0 Å². The van der Waals surface area contributed by atoms with E-state index in [1.54, 1.807) is 19.1 Å². The Kier molecular flexibility index (Phi) is 4.60. The third-order valence-corrected chi connectivity index (χ3v) is 4.92. The van der Waals surface area contributed by atoms with Crippen LogP contribution >= 0.6 is 11.6 Å². The third kappa shape index (κ3) is 3.14. The van der Waals surface area contributed by atoms with Crippen molar-refractivity contribution in [2.75, 3.05) is 10.6 Å². The van der Waals surface area contributed by atoms with Crippen LogP contribution < -0.4 is 10.6 Å². The second-order valence-corrected chi connectivity index (χ2v) is 6.96. The van der Waals surface area contributed by atoms with Crippen LogP contribution in [0.3, 0.4) is 0 Å². The summed E-state index contributed by atoms with van der Waals surface area (Å²) in [6.45, 7) is 3.68. The summed E-state index contributed by atoms with van der Waals surface area (Å²) in [5.74, 6) is -0.482. The molecule has 0 spiro atoms. The van der Waals surface area contributed by atoms with Crippen molar-refractivity contribution >= 4 is 29.1 Å². The van der Waals surface area contributed by atoms with Crippen LogP contribution in [-0.2, 0) is 4.79 Å². The summed E-state index contributed by atoms with van der Waals surface area (Å²) < 4.78 is 16.2. The Bertz CT molecular complexity index is 1090. The Balaban J connectivity index is 1.82. The van der Waals surface area contributed by atoms with Gasteiger partial charge in [0.15, 0.2) is 0 Å². The van der Waals surface area contributed by atoms with Crippen LogP contribution in [0, 0.1) is 12.7 Å². The summed E-state index contributed by atoms with van der Waals surface area (Å²) in [5, 5.41) is 10.3. The van der Waals surface area contributed by atoms with Gasteiger partial charge < -0.3 is 10.6 Å². The van der Waals surface area contributed by atoms with Gasteiger partial charge in [-0.05, 0) is 43.7 Å². The molecule has 2 N–H and O–H groups in total. The lowest BCUT2D eigenvalue weighted by molar-refractivity contribution is -0.113. The molecular formula is C20H17ClFN5O. The maximum Gasteiger partial charge on any atom is 0.255 e. The number of halogens is 2. The fourth-order valence-corrected chi connectivity index (χ4v) is 3.61. The second-order valence-electron chi connectivity index (χ2n) is 6.55. The minimum Gasteiger partial charge on any atom is -0.328 e. The highest BCUT2D eigenvalue weighted by atomic mass is 35.5. The van der Waals surface area contributed by atoms with Gasteiger partial charge in [0.25, 0.3) is 5.91 Å². The zero-order valence-corrected chi connectivity index (χ0v) is 16.0. The first-order chi connectivity index (χ1) is 13.5. The van der Waals surface area contributed by atoms with Gasteiger partial charge in [-0.15, -0.1) is 0 Å². The fourth-order valence-electron chi connectivity index (χ4n) is 3.35. The normalized spacial score (nSPS) is 15.8. The lowest BCUT2D eigenvalue weighted by atomic mass is 9.94. The van der Waals surface area contributed by atoms with E-state index in [-0.39, 0.29) is 16.5 Å². The first-order valence-electron chi connectivity index (χ1n) is 8.65. The van der Waals surface area contributed by atoms with Gasteiger partial charge in [-0.1, -0.05) is 29.8 Å². The van der Waals surface area contributed by atoms with Gasteiger partial charge in [-0.2, -0.15) is 10.1 Å². The zero-order chi connectivity index (χ0) is 19.8. The molecule has 0 fully saturated rings. The molecule has 2 heterocycles. The highest BCUT2D eigenvalue weighted by Crippen LogP contribution is 2.39. The number of allylic oxidation sites excluding steroid dienone is 1. The topological polar surface area (TPSA) is 71.8 Å². The maximum absolute atomic E-state index is 14.8. The Morgan fingerprint density at radius 1 is 1.25 bits per heavy atom.